The SMILES string of the molecule is O=[N+]([O-])c1cccc(-c2nn[nH]n2)c1-c1nn[nH]n1. The highest BCUT2D eigenvalue weighted by Crippen LogP contribution is 2.34. The van der Waals surface area contributed by atoms with E-state index in [0.717, 1.165) is 0 Å². The van der Waals surface area contributed by atoms with E-state index in [4.69, 9.17) is 0 Å². The second kappa shape index (κ2) is 4.21. The molecule has 0 unspecified atom stereocenters. The second-order valence-corrected chi connectivity index (χ2v) is 3.43. The lowest BCUT2D eigenvalue weighted by molar-refractivity contribution is -0.384. The molecule has 0 fully saturated rings. The van der Waals surface area contributed by atoms with Crippen LogP contribution in [0.2, 0.25) is 0 Å². The molecule has 94 valence electrons. The Labute approximate surface area is 104 Å². The maximum Gasteiger partial charge on any atom is 0.281 e. The number of rotatable bonds is 3. The summed E-state index contributed by atoms with van der Waals surface area (Å²) in [5.74, 6) is 0.301. The van der Waals surface area contributed by atoms with E-state index in [1.54, 1.807) is 6.07 Å². The van der Waals surface area contributed by atoms with E-state index < -0.39 is 4.92 Å². The first-order valence-corrected chi connectivity index (χ1v) is 5.02. The van der Waals surface area contributed by atoms with E-state index in [-0.39, 0.29) is 22.9 Å². The molecule has 0 saturated heterocycles. The van der Waals surface area contributed by atoms with Crippen LogP contribution in [0.25, 0.3) is 22.8 Å². The van der Waals surface area contributed by atoms with Gasteiger partial charge < -0.3 is 0 Å². The Kier molecular flexibility index (Phi) is 2.41. The number of nitro groups is 1. The predicted molar refractivity (Wildman–Crippen MR) is 59.4 cm³/mol. The number of nitrogens with one attached hydrogen (secondary N) is 2. The van der Waals surface area contributed by atoms with Gasteiger partial charge in [-0.05, 0) is 16.5 Å². The Bertz CT molecular complexity index is 706. The molecule has 0 bridgehead atoms. The normalized spacial score (nSPS) is 10.5. The molecule has 1 aromatic carbocycles. The fraction of sp³-hybridized carbons (Fsp3) is 0. The van der Waals surface area contributed by atoms with Crippen molar-refractivity contribution in [2.24, 2.45) is 0 Å². The van der Waals surface area contributed by atoms with Crippen LogP contribution in [0.4, 0.5) is 5.69 Å². The molecule has 0 saturated carbocycles. The lowest BCUT2D eigenvalue weighted by Gasteiger charge is -2.02. The van der Waals surface area contributed by atoms with Gasteiger partial charge in [0.05, 0.1) is 4.92 Å². The molecular weight excluding hydrogens is 254 g/mol. The second-order valence-electron chi connectivity index (χ2n) is 3.43. The highest BCUT2D eigenvalue weighted by molar-refractivity contribution is 5.83. The van der Waals surface area contributed by atoms with E-state index in [9.17, 15) is 10.1 Å². The molecule has 19 heavy (non-hydrogen) atoms. The minimum Gasteiger partial charge on any atom is -0.258 e. The molecule has 0 aliphatic rings. The van der Waals surface area contributed by atoms with Gasteiger partial charge in [0.25, 0.3) is 5.69 Å². The first kappa shape index (κ1) is 10.9. The minimum absolute atomic E-state index is 0.0899. The van der Waals surface area contributed by atoms with Gasteiger partial charge in [-0.3, -0.25) is 10.1 Å². The molecule has 3 rings (SSSR count). The number of aromatic amines is 2. The first-order valence-electron chi connectivity index (χ1n) is 5.02. The molecular formula is C8H5N9O2. The van der Waals surface area contributed by atoms with E-state index in [1.165, 1.54) is 12.1 Å². The zero-order valence-electron chi connectivity index (χ0n) is 9.18. The average Bonchev–Trinajstić information content (AvgIpc) is 3.11. The number of hydrogen-bond donors (Lipinski definition) is 2. The molecule has 11 heteroatoms. The lowest BCUT2D eigenvalue weighted by Crippen LogP contribution is -1.97. The van der Waals surface area contributed by atoms with E-state index >= 15 is 0 Å². The van der Waals surface area contributed by atoms with Gasteiger partial charge in [-0.1, -0.05) is 6.07 Å². The molecule has 0 spiro atoms. The number of benzene rings is 1. The largest absolute Gasteiger partial charge is 0.281 e. The van der Waals surface area contributed by atoms with Crippen molar-refractivity contribution < 1.29 is 4.92 Å². The minimum atomic E-state index is -0.532. The Morgan fingerprint density at radius 3 is 2.32 bits per heavy atom. The fourth-order valence-electron chi connectivity index (χ4n) is 1.66. The topological polar surface area (TPSA) is 152 Å². The predicted octanol–water partition coefficient (Wildman–Crippen LogP) is -0.0450. The fourth-order valence-corrected chi connectivity index (χ4v) is 1.66. The Morgan fingerprint density at radius 2 is 1.74 bits per heavy atom. The molecule has 2 N–H and O–H groups in total. The molecule has 0 aliphatic carbocycles. The smallest absolute Gasteiger partial charge is 0.258 e. The van der Waals surface area contributed by atoms with E-state index in [2.05, 4.69) is 41.2 Å². The van der Waals surface area contributed by atoms with E-state index in [1.807, 2.05) is 0 Å². The monoisotopic (exact) mass is 259 g/mol. The van der Waals surface area contributed by atoms with Gasteiger partial charge in [0.1, 0.15) is 5.56 Å². The van der Waals surface area contributed by atoms with Crippen LogP contribution < -0.4 is 0 Å². The maximum absolute atomic E-state index is 11.1. The molecule has 2 aromatic heterocycles. The maximum atomic E-state index is 11.1. The van der Waals surface area contributed by atoms with Crippen LogP contribution in [0.1, 0.15) is 0 Å². The van der Waals surface area contributed by atoms with E-state index in [0.29, 0.717) is 5.56 Å². The molecule has 0 atom stereocenters. The number of nitrogens with zero attached hydrogens (tertiary/aromatic N) is 7. The number of aromatic nitrogens is 8. The van der Waals surface area contributed by atoms with Crippen LogP contribution >= 0.6 is 0 Å². The summed E-state index contributed by atoms with van der Waals surface area (Å²) in [5, 5.41) is 37.6. The van der Waals surface area contributed by atoms with Crippen LogP contribution in [-0.2, 0) is 0 Å². The summed E-state index contributed by atoms with van der Waals surface area (Å²) in [7, 11) is 0. The molecule has 0 radical (unpaired) electrons. The summed E-state index contributed by atoms with van der Waals surface area (Å²) in [4.78, 5) is 10.6. The van der Waals surface area contributed by atoms with Gasteiger partial charge in [-0.25, -0.2) is 0 Å². The van der Waals surface area contributed by atoms with Gasteiger partial charge in [0.2, 0.25) is 11.6 Å². The van der Waals surface area contributed by atoms with Crippen LogP contribution in [0, 0.1) is 10.1 Å². The van der Waals surface area contributed by atoms with Crippen LogP contribution in [0.5, 0.6) is 0 Å². The summed E-state index contributed by atoms with van der Waals surface area (Å²) >= 11 is 0. The van der Waals surface area contributed by atoms with Crippen molar-refractivity contribution in [3.05, 3.63) is 28.3 Å². The van der Waals surface area contributed by atoms with Gasteiger partial charge in [0.15, 0.2) is 0 Å². The molecule has 0 aliphatic heterocycles. The highest BCUT2D eigenvalue weighted by atomic mass is 16.6. The summed E-state index contributed by atoms with van der Waals surface area (Å²) in [6.45, 7) is 0. The molecule has 3 aromatic rings. The first-order chi connectivity index (χ1) is 9.27. The summed E-state index contributed by atoms with van der Waals surface area (Å²) in [6.07, 6.45) is 0. The van der Waals surface area contributed by atoms with Crippen molar-refractivity contribution in [1.29, 1.82) is 0 Å². The lowest BCUT2D eigenvalue weighted by atomic mass is 10.0. The van der Waals surface area contributed by atoms with Crippen LogP contribution in [0.15, 0.2) is 18.2 Å². The standard InChI is InChI=1S/C8H5N9O2/c18-17(19)5-3-1-2-4(7-9-13-14-10-7)6(5)8-11-15-16-12-8/h1-3H,(H,9,10,13,14)(H,11,12,15,16). The van der Waals surface area contributed by atoms with Crippen molar-refractivity contribution >= 4 is 5.69 Å². The number of H-pyrrole nitrogens is 2. The third-order valence-corrected chi connectivity index (χ3v) is 2.39. The summed E-state index contributed by atoms with van der Waals surface area (Å²) in [6, 6.07) is 4.48. The highest BCUT2D eigenvalue weighted by Gasteiger charge is 2.24. The van der Waals surface area contributed by atoms with Crippen molar-refractivity contribution in [3.63, 3.8) is 0 Å². The zero-order valence-corrected chi connectivity index (χ0v) is 9.18. The van der Waals surface area contributed by atoms with Crippen LogP contribution in [-0.4, -0.2) is 46.2 Å². The number of hydrogen-bond acceptors (Lipinski definition) is 8. The number of tetrazole rings is 2. The zero-order chi connectivity index (χ0) is 13.2. The number of nitro benzene ring substituents is 1. The molecule has 2 heterocycles. The summed E-state index contributed by atoms with van der Waals surface area (Å²) < 4.78 is 0. The Hall–Kier alpha value is -3.24. The Balaban J connectivity index is 2.31. The van der Waals surface area contributed by atoms with Crippen LogP contribution in [0.3, 0.4) is 0 Å². The van der Waals surface area contributed by atoms with Crippen molar-refractivity contribution in [2.75, 3.05) is 0 Å². The van der Waals surface area contributed by atoms with Gasteiger partial charge >= 0.3 is 0 Å². The van der Waals surface area contributed by atoms with Crippen molar-refractivity contribution in [1.82, 2.24) is 41.2 Å². The van der Waals surface area contributed by atoms with Gasteiger partial charge in [0, 0.05) is 11.6 Å². The third-order valence-electron chi connectivity index (χ3n) is 2.39. The van der Waals surface area contributed by atoms with Gasteiger partial charge in [-0.2, -0.15) is 10.4 Å². The van der Waals surface area contributed by atoms with Crippen molar-refractivity contribution in [3.8, 4) is 22.8 Å². The van der Waals surface area contributed by atoms with Gasteiger partial charge in [-0.15, -0.1) is 20.4 Å². The average molecular weight is 259 g/mol. The molecule has 0 amide bonds. The molecule has 11 nitrogen and oxygen atoms in total. The quantitative estimate of drug-likeness (QED) is 0.490. The Morgan fingerprint density at radius 1 is 1.05 bits per heavy atom. The summed E-state index contributed by atoms with van der Waals surface area (Å²) in [5.41, 5.74) is 0.413. The third kappa shape index (κ3) is 1.78. The van der Waals surface area contributed by atoms with Crippen molar-refractivity contribution in [2.45, 2.75) is 0 Å².